The van der Waals surface area contributed by atoms with Crippen LogP contribution in [0.15, 0.2) is 24.3 Å². The Kier molecular flexibility index (Phi) is 4.61. The topological polar surface area (TPSA) is 49.3 Å². The minimum atomic E-state index is -1.13. The molecule has 1 aliphatic carbocycles. The highest BCUT2D eigenvalue weighted by Gasteiger charge is 2.22. The van der Waals surface area contributed by atoms with E-state index in [2.05, 4.69) is 5.32 Å². The van der Waals surface area contributed by atoms with Crippen LogP contribution in [0.3, 0.4) is 0 Å². The van der Waals surface area contributed by atoms with Gasteiger partial charge in [-0.05, 0) is 30.5 Å². The monoisotopic (exact) mass is 267 g/mol. The smallest absolute Gasteiger partial charge is 0.253 e. The average Bonchev–Trinajstić information content (AvgIpc) is 2.39. The normalized spacial score (nSPS) is 18.3. The molecule has 1 atom stereocenters. The van der Waals surface area contributed by atoms with Crippen LogP contribution in [-0.4, -0.2) is 17.1 Å². The molecule has 2 rings (SSSR count). The van der Waals surface area contributed by atoms with Crippen molar-refractivity contribution < 1.29 is 9.90 Å². The number of amides is 1. The summed E-state index contributed by atoms with van der Waals surface area (Å²) in [4.78, 5) is 11.9. The fourth-order valence-corrected chi connectivity index (χ4v) is 2.55. The van der Waals surface area contributed by atoms with Crippen LogP contribution in [0.4, 0.5) is 0 Å². The van der Waals surface area contributed by atoms with Crippen LogP contribution in [0, 0.1) is 0 Å². The van der Waals surface area contributed by atoms with Crippen molar-refractivity contribution in [3.05, 3.63) is 34.9 Å². The second-order valence-corrected chi connectivity index (χ2v) is 5.24. The number of nitrogens with one attached hydrogen (secondary N) is 1. The van der Waals surface area contributed by atoms with E-state index in [1.807, 2.05) is 0 Å². The maximum absolute atomic E-state index is 11.9. The number of halogens is 1. The van der Waals surface area contributed by atoms with Gasteiger partial charge in [0.15, 0.2) is 6.10 Å². The highest BCUT2D eigenvalue weighted by atomic mass is 35.5. The Morgan fingerprint density at radius 1 is 1.33 bits per heavy atom. The van der Waals surface area contributed by atoms with Gasteiger partial charge in [-0.15, -0.1) is 0 Å². The summed E-state index contributed by atoms with van der Waals surface area (Å²) < 4.78 is 0. The predicted octanol–water partition coefficient (Wildman–Crippen LogP) is 2.82. The molecule has 1 unspecified atom stereocenters. The Bertz CT molecular complexity index is 416. The van der Waals surface area contributed by atoms with Crippen molar-refractivity contribution in [2.24, 2.45) is 0 Å². The summed E-state index contributed by atoms with van der Waals surface area (Å²) in [5, 5.41) is 13.4. The van der Waals surface area contributed by atoms with E-state index in [1.54, 1.807) is 24.3 Å². The van der Waals surface area contributed by atoms with Crippen LogP contribution in [0.1, 0.15) is 43.8 Å². The van der Waals surface area contributed by atoms with E-state index < -0.39 is 6.10 Å². The molecule has 0 spiro atoms. The second kappa shape index (κ2) is 6.21. The molecule has 98 valence electrons. The number of benzene rings is 1. The highest BCUT2D eigenvalue weighted by molar-refractivity contribution is 6.30. The number of hydrogen-bond acceptors (Lipinski definition) is 2. The third-order valence-corrected chi connectivity index (χ3v) is 3.60. The Morgan fingerprint density at radius 2 is 2.06 bits per heavy atom. The van der Waals surface area contributed by atoms with Gasteiger partial charge in [0, 0.05) is 11.1 Å². The van der Waals surface area contributed by atoms with Crippen molar-refractivity contribution in [1.29, 1.82) is 0 Å². The van der Waals surface area contributed by atoms with Gasteiger partial charge in [0.05, 0.1) is 0 Å². The lowest BCUT2D eigenvalue weighted by atomic mass is 9.95. The molecular formula is C14H18ClNO2. The zero-order valence-electron chi connectivity index (χ0n) is 10.2. The first kappa shape index (κ1) is 13.4. The SMILES string of the molecule is O=C(NC1CCCCC1)C(O)c1cccc(Cl)c1. The van der Waals surface area contributed by atoms with Crippen molar-refractivity contribution in [3.8, 4) is 0 Å². The van der Waals surface area contributed by atoms with Gasteiger partial charge in [-0.1, -0.05) is 43.0 Å². The number of rotatable bonds is 3. The quantitative estimate of drug-likeness (QED) is 0.885. The van der Waals surface area contributed by atoms with Gasteiger partial charge in [-0.3, -0.25) is 4.79 Å². The van der Waals surface area contributed by atoms with Crippen LogP contribution < -0.4 is 5.32 Å². The summed E-state index contributed by atoms with van der Waals surface area (Å²) >= 11 is 5.84. The van der Waals surface area contributed by atoms with E-state index >= 15 is 0 Å². The van der Waals surface area contributed by atoms with Crippen molar-refractivity contribution in [2.75, 3.05) is 0 Å². The first-order valence-electron chi connectivity index (χ1n) is 6.41. The Labute approximate surface area is 112 Å². The minimum absolute atomic E-state index is 0.208. The molecule has 3 nitrogen and oxygen atoms in total. The van der Waals surface area contributed by atoms with Crippen LogP contribution in [0.5, 0.6) is 0 Å². The summed E-state index contributed by atoms with van der Waals surface area (Å²) in [6, 6.07) is 6.98. The van der Waals surface area contributed by atoms with Gasteiger partial charge >= 0.3 is 0 Å². The summed E-state index contributed by atoms with van der Waals surface area (Å²) in [5.41, 5.74) is 0.538. The summed E-state index contributed by atoms with van der Waals surface area (Å²) in [7, 11) is 0. The number of carbonyl (C=O) groups is 1. The molecule has 0 aliphatic heterocycles. The lowest BCUT2D eigenvalue weighted by Crippen LogP contribution is -2.39. The lowest BCUT2D eigenvalue weighted by molar-refractivity contribution is -0.130. The maximum Gasteiger partial charge on any atom is 0.253 e. The zero-order valence-corrected chi connectivity index (χ0v) is 11.0. The molecule has 2 N–H and O–H groups in total. The molecule has 18 heavy (non-hydrogen) atoms. The molecule has 1 aromatic carbocycles. The Morgan fingerprint density at radius 3 is 2.72 bits per heavy atom. The van der Waals surface area contributed by atoms with Gasteiger partial charge in [0.25, 0.3) is 5.91 Å². The first-order valence-corrected chi connectivity index (χ1v) is 6.78. The third kappa shape index (κ3) is 3.47. The van der Waals surface area contributed by atoms with Gasteiger partial charge in [-0.2, -0.15) is 0 Å². The minimum Gasteiger partial charge on any atom is -0.378 e. The molecular weight excluding hydrogens is 250 g/mol. The van der Waals surface area contributed by atoms with E-state index in [0.29, 0.717) is 10.6 Å². The molecule has 1 amide bonds. The van der Waals surface area contributed by atoms with Gasteiger partial charge < -0.3 is 10.4 Å². The number of hydrogen-bond donors (Lipinski definition) is 2. The second-order valence-electron chi connectivity index (χ2n) is 4.80. The summed E-state index contributed by atoms with van der Waals surface area (Å²) in [6.07, 6.45) is 4.42. The zero-order chi connectivity index (χ0) is 13.0. The molecule has 1 fully saturated rings. The molecule has 4 heteroatoms. The molecule has 1 aliphatic rings. The summed E-state index contributed by atoms with van der Waals surface area (Å²) in [5.74, 6) is -0.329. The molecule has 1 saturated carbocycles. The Hall–Kier alpha value is -1.06. The van der Waals surface area contributed by atoms with E-state index in [-0.39, 0.29) is 11.9 Å². The Balaban J connectivity index is 1.95. The molecule has 0 heterocycles. The van der Waals surface area contributed by atoms with E-state index in [9.17, 15) is 9.90 Å². The predicted molar refractivity (Wildman–Crippen MR) is 71.4 cm³/mol. The van der Waals surface area contributed by atoms with Crippen LogP contribution in [-0.2, 0) is 4.79 Å². The number of aliphatic hydroxyl groups excluding tert-OH is 1. The van der Waals surface area contributed by atoms with Gasteiger partial charge in [0.1, 0.15) is 0 Å². The molecule has 0 aromatic heterocycles. The molecule has 1 aromatic rings. The third-order valence-electron chi connectivity index (χ3n) is 3.36. The molecule has 0 bridgehead atoms. The van der Waals surface area contributed by atoms with Crippen molar-refractivity contribution in [3.63, 3.8) is 0 Å². The van der Waals surface area contributed by atoms with E-state index in [0.717, 1.165) is 25.7 Å². The average molecular weight is 268 g/mol. The standard InChI is InChI=1S/C14H18ClNO2/c15-11-6-4-5-10(9-11)13(17)14(18)16-12-7-2-1-3-8-12/h4-6,9,12-13,17H,1-3,7-8H2,(H,16,18). The van der Waals surface area contributed by atoms with Crippen LogP contribution in [0.25, 0.3) is 0 Å². The lowest BCUT2D eigenvalue weighted by Gasteiger charge is -2.24. The summed E-state index contributed by atoms with van der Waals surface area (Å²) in [6.45, 7) is 0. The van der Waals surface area contributed by atoms with E-state index in [4.69, 9.17) is 11.6 Å². The van der Waals surface area contributed by atoms with Crippen molar-refractivity contribution in [2.45, 2.75) is 44.2 Å². The fraction of sp³-hybridized carbons (Fsp3) is 0.500. The van der Waals surface area contributed by atoms with E-state index in [1.165, 1.54) is 6.42 Å². The fourth-order valence-electron chi connectivity index (χ4n) is 2.36. The number of aliphatic hydroxyl groups is 1. The van der Waals surface area contributed by atoms with Crippen LogP contribution in [0.2, 0.25) is 5.02 Å². The first-order chi connectivity index (χ1) is 8.66. The largest absolute Gasteiger partial charge is 0.378 e. The van der Waals surface area contributed by atoms with Crippen LogP contribution >= 0.6 is 11.6 Å². The van der Waals surface area contributed by atoms with Crippen molar-refractivity contribution in [1.82, 2.24) is 5.32 Å². The number of carbonyl (C=O) groups excluding carboxylic acids is 1. The van der Waals surface area contributed by atoms with Gasteiger partial charge in [0.2, 0.25) is 0 Å². The molecule has 0 radical (unpaired) electrons. The van der Waals surface area contributed by atoms with Crippen molar-refractivity contribution >= 4 is 17.5 Å². The maximum atomic E-state index is 11.9. The highest BCUT2D eigenvalue weighted by Crippen LogP contribution is 2.20. The van der Waals surface area contributed by atoms with Gasteiger partial charge in [-0.25, -0.2) is 0 Å². The molecule has 0 saturated heterocycles.